The minimum absolute atomic E-state index is 0.00904. The molecule has 0 atom stereocenters. The first-order valence-electron chi connectivity index (χ1n) is 7.79. The zero-order chi connectivity index (χ0) is 19.8. The van der Waals surface area contributed by atoms with Crippen LogP contribution in [0.25, 0.3) is 0 Å². The molecular formula is C16H25Cl5O4. The molecule has 0 aromatic heterocycles. The SMILES string of the molecule is CCCCOCCCC.OCCO.Oc1c(Cl)c(Cl)c(Cl)c(Cl)c1Cl. The first-order chi connectivity index (χ1) is 11.8. The number of ether oxygens (including phenoxy) is 1. The largest absolute Gasteiger partial charge is 0.505 e. The third-order valence-electron chi connectivity index (χ3n) is 2.57. The molecule has 4 nitrogen and oxygen atoms in total. The van der Waals surface area contributed by atoms with Crippen molar-refractivity contribution in [2.75, 3.05) is 26.4 Å². The number of phenols is 1. The molecule has 0 amide bonds. The Morgan fingerprint density at radius 2 is 1.00 bits per heavy atom. The van der Waals surface area contributed by atoms with Crippen LogP contribution in [-0.4, -0.2) is 41.7 Å². The fourth-order valence-electron chi connectivity index (χ4n) is 1.19. The average Bonchev–Trinajstić information content (AvgIpc) is 2.64. The summed E-state index contributed by atoms with van der Waals surface area (Å²) in [5.41, 5.74) is 0. The highest BCUT2D eigenvalue weighted by molar-refractivity contribution is 6.55. The molecule has 0 heterocycles. The van der Waals surface area contributed by atoms with E-state index in [1.807, 2.05) is 0 Å². The van der Waals surface area contributed by atoms with Crippen LogP contribution in [0.3, 0.4) is 0 Å². The van der Waals surface area contributed by atoms with Gasteiger partial charge in [-0.05, 0) is 12.8 Å². The van der Waals surface area contributed by atoms with Crippen molar-refractivity contribution in [1.29, 1.82) is 0 Å². The van der Waals surface area contributed by atoms with Gasteiger partial charge in [-0.15, -0.1) is 0 Å². The lowest BCUT2D eigenvalue weighted by Gasteiger charge is -2.06. The van der Waals surface area contributed by atoms with E-state index in [9.17, 15) is 5.11 Å². The van der Waals surface area contributed by atoms with Crippen molar-refractivity contribution in [3.8, 4) is 5.75 Å². The lowest BCUT2D eigenvalue weighted by atomic mass is 10.3. The Hall–Kier alpha value is 0.350. The highest BCUT2D eigenvalue weighted by Gasteiger charge is 2.18. The first kappa shape index (κ1) is 27.6. The molecule has 1 aromatic rings. The highest BCUT2D eigenvalue weighted by Crippen LogP contribution is 2.47. The molecule has 0 radical (unpaired) electrons. The number of phenolic OH excluding ortho intramolecular Hbond substituents is 1. The monoisotopic (exact) mass is 456 g/mol. The van der Waals surface area contributed by atoms with Crippen LogP contribution in [0, 0.1) is 0 Å². The molecule has 0 fully saturated rings. The Bertz CT molecular complexity index is 359. The first-order valence-corrected chi connectivity index (χ1v) is 9.68. The second-order valence-corrected chi connectivity index (χ2v) is 6.58. The summed E-state index contributed by atoms with van der Waals surface area (Å²) in [5.74, 6) is -0.363. The smallest absolute Gasteiger partial charge is 0.155 e. The van der Waals surface area contributed by atoms with Gasteiger partial charge in [-0.3, -0.25) is 0 Å². The molecule has 148 valence electrons. The molecule has 0 bridgehead atoms. The van der Waals surface area contributed by atoms with Crippen molar-refractivity contribution in [3.63, 3.8) is 0 Å². The maximum Gasteiger partial charge on any atom is 0.155 e. The maximum atomic E-state index is 9.20. The molecule has 0 aliphatic rings. The quantitative estimate of drug-likeness (QED) is 0.257. The van der Waals surface area contributed by atoms with Crippen LogP contribution in [0.2, 0.25) is 25.1 Å². The fourth-order valence-corrected chi connectivity index (χ4v) is 2.32. The molecule has 25 heavy (non-hydrogen) atoms. The van der Waals surface area contributed by atoms with Crippen molar-refractivity contribution >= 4 is 58.0 Å². The van der Waals surface area contributed by atoms with E-state index in [1.54, 1.807) is 0 Å². The van der Waals surface area contributed by atoms with Crippen molar-refractivity contribution < 1.29 is 20.1 Å². The number of hydrogen-bond donors (Lipinski definition) is 3. The number of aliphatic hydroxyl groups excluding tert-OH is 2. The topological polar surface area (TPSA) is 69.9 Å². The van der Waals surface area contributed by atoms with Gasteiger partial charge in [0.1, 0.15) is 10.0 Å². The van der Waals surface area contributed by atoms with Crippen LogP contribution in [0.5, 0.6) is 5.75 Å². The van der Waals surface area contributed by atoms with Gasteiger partial charge in [0.15, 0.2) is 5.75 Å². The second-order valence-electron chi connectivity index (χ2n) is 4.69. The molecule has 0 aliphatic heterocycles. The van der Waals surface area contributed by atoms with Gasteiger partial charge in [0.05, 0.1) is 28.3 Å². The Kier molecular flexibility index (Phi) is 19.6. The van der Waals surface area contributed by atoms with E-state index in [0.29, 0.717) is 0 Å². The van der Waals surface area contributed by atoms with Crippen molar-refractivity contribution in [3.05, 3.63) is 25.1 Å². The van der Waals surface area contributed by atoms with Crippen molar-refractivity contribution in [1.82, 2.24) is 0 Å². The van der Waals surface area contributed by atoms with Gasteiger partial charge >= 0.3 is 0 Å². The summed E-state index contributed by atoms with van der Waals surface area (Å²) in [4.78, 5) is 0. The summed E-state index contributed by atoms with van der Waals surface area (Å²) < 4.78 is 5.31. The van der Waals surface area contributed by atoms with E-state index >= 15 is 0 Å². The van der Waals surface area contributed by atoms with Gasteiger partial charge in [0.2, 0.25) is 0 Å². The van der Waals surface area contributed by atoms with Crippen molar-refractivity contribution in [2.24, 2.45) is 0 Å². The second kappa shape index (κ2) is 17.7. The van der Waals surface area contributed by atoms with Crippen LogP contribution >= 0.6 is 58.0 Å². The number of halogens is 5. The molecule has 0 saturated carbocycles. The molecule has 3 N–H and O–H groups in total. The van der Waals surface area contributed by atoms with Crippen LogP contribution in [-0.2, 0) is 4.74 Å². The molecular weight excluding hydrogens is 433 g/mol. The molecule has 1 rings (SSSR count). The van der Waals surface area contributed by atoms with Crippen LogP contribution in [0.1, 0.15) is 39.5 Å². The third kappa shape index (κ3) is 12.4. The number of benzene rings is 1. The lowest BCUT2D eigenvalue weighted by Crippen LogP contribution is -1.95. The Morgan fingerprint density at radius 1 is 0.680 bits per heavy atom. The van der Waals surface area contributed by atoms with Crippen LogP contribution in [0.15, 0.2) is 0 Å². The number of unbranched alkanes of at least 4 members (excludes halogenated alkanes) is 2. The summed E-state index contributed by atoms with van der Waals surface area (Å²) in [6.07, 6.45) is 4.91. The number of aromatic hydroxyl groups is 1. The molecule has 0 unspecified atom stereocenters. The average molecular weight is 459 g/mol. The summed E-state index contributed by atoms with van der Waals surface area (Å²) in [6, 6.07) is 0. The normalized spacial score (nSPS) is 9.80. The Labute approximate surface area is 174 Å². The number of rotatable bonds is 7. The minimum atomic E-state index is -0.363. The van der Waals surface area contributed by atoms with Gasteiger partial charge in [0.25, 0.3) is 0 Å². The zero-order valence-electron chi connectivity index (χ0n) is 14.3. The molecule has 0 aliphatic carbocycles. The maximum absolute atomic E-state index is 9.20. The Balaban J connectivity index is 0. The van der Waals surface area contributed by atoms with Crippen LogP contribution in [0.4, 0.5) is 0 Å². The molecule has 9 heteroatoms. The summed E-state index contributed by atoms with van der Waals surface area (Å²) in [6.45, 7) is 6.03. The lowest BCUT2D eigenvalue weighted by molar-refractivity contribution is 0.128. The van der Waals surface area contributed by atoms with Crippen molar-refractivity contribution in [2.45, 2.75) is 39.5 Å². The van der Waals surface area contributed by atoms with E-state index in [-0.39, 0.29) is 44.1 Å². The van der Waals surface area contributed by atoms with E-state index in [4.69, 9.17) is 73.0 Å². The van der Waals surface area contributed by atoms with E-state index in [1.165, 1.54) is 25.7 Å². The predicted molar refractivity (Wildman–Crippen MR) is 108 cm³/mol. The zero-order valence-corrected chi connectivity index (χ0v) is 18.1. The third-order valence-corrected chi connectivity index (χ3v) is 4.83. The van der Waals surface area contributed by atoms with Gasteiger partial charge in [0, 0.05) is 13.2 Å². The minimum Gasteiger partial charge on any atom is -0.505 e. The van der Waals surface area contributed by atoms with E-state index < -0.39 is 0 Å². The standard InChI is InChI=1S/C8H18O.C6HCl5O.C2H6O2/c1-3-5-7-9-8-6-4-2;7-1-2(8)4(10)6(12)5(11)3(1)9;3-1-2-4/h3-8H2,1-2H3;12H;3-4H,1-2H2. The fraction of sp³-hybridized carbons (Fsp3) is 0.625. The predicted octanol–water partition coefficient (Wildman–Crippen LogP) is 6.23. The van der Waals surface area contributed by atoms with Crippen LogP contribution < -0.4 is 0 Å². The van der Waals surface area contributed by atoms with Gasteiger partial charge < -0.3 is 20.1 Å². The number of aliphatic hydroxyl groups is 2. The molecule has 1 aromatic carbocycles. The summed E-state index contributed by atoms with van der Waals surface area (Å²) in [5, 5.41) is 24.3. The Morgan fingerprint density at radius 3 is 1.28 bits per heavy atom. The summed E-state index contributed by atoms with van der Waals surface area (Å²) >= 11 is 27.9. The highest BCUT2D eigenvalue weighted by atomic mass is 35.5. The molecule has 0 saturated heterocycles. The summed E-state index contributed by atoms with van der Waals surface area (Å²) in [7, 11) is 0. The van der Waals surface area contributed by atoms with Gasteiger partial charge in [-0.2, -0.15) is 0 Å². The van der Waals surface area contributed by atoms with Gasteiger partial charge in [-0.25, -0.2) is 0 Å². The van der Waals surface area contributed by atoms with Gasteiger partial charge in [-0.1, -0.05) is 84.7 Å². The van der Waals surface area contributed by atoms with E-state index in [0.717, 1.165) is 13.2 Å². The molecule has 0 spiro atoms. The van der Waals surface area contributed by atoms with E-state index in [2.05, 4.69) is 13.8 Å². The number of hydrogen-bond acceptors (Lipinski definition) is 4.